The van der Waals surface area contributed by atoms with Crippen molar-refractivity contribution in [2.75, 3.05) is 39.8 Å². The fourth-order valence-corrected chi connectivity index (χ4v) is 3.12. The van der Waals surface area contributed by atoms with Gasteiger partial charge in [0.05, 0.1) is 6.10 Å². The molecule has 2 aliphatic heterocycles. The molecule has 2 rings (SSSR count). The average molecular weight is 311 g/mol. The third-order valence-electron chi connectivity index (χ3n) is 4.73. The molecule has 1 atom stereocenters. The number of likely N-dealkylation sites (tertiary alicyclic amines) is 1. The van der Waals surface area contributed by atoms with Crippen molar-refractivity contribution in [3.63, 3.8) is 0 Å². The lowest BCUT2D eigenvalue weighted by molar-refractivity contribution is -0.146. The first-order valence-corrected chi connectivity index (χ1v) is 8.32. The molecule has 0 saturated carbocycles. The van der Waals surface area contributed by atoms with Gasteiger partial charge in [-0.3, -0.25) is 9.59 Å². The van der Waals surface area contributed by atoms with Gasteiger partial charge in [0.15, 0.2) is 0 Å². The number of likely N-dealkylation sites (N-methyl/N-ethyl adjacent to an activating group) is 1. The molecule has 2 heterocycles. The maximum Gasteiger partial charge on any atom is 0.248 e. The molecule has 0 aromatic rings. The monoisotopic (exact) mass is 311 g/mol. The summed E-state index contributed by atoms with van der Waals surface area (Å²) >= 11 is 0. The summed E-state index contributed by atoms with van der Waals surface area (Å²) in [5.41, 5.74) is 0. The van der Waals surface area contributed by atoms with Crippen LogP contribution in [-0.2, 0) is 14.3 Å². The number of morpholine rings is 1. The second-order valence-electron chi connectivity index (χ2n) is 6.79. The van der Waals surface area contributed by atoms with Crippen LogP contribution in [0.2, 0.25) is 0 Å². The molecule has 126 valence electrons. The van der Waals surface area contributed by atoms with Crippen molar-refractivity contribution >= 4 is 11.8 Å². The summed E-state index contributed by atoms with van der Waals surface area (Å²) in [5.74, 6) is 0.595. The number of carbonyl (C=O) groups excluding carboxylic acids is 2. The van der Waals surface area contributed by atoms with Crippen molar-refractivity contribution < 1.29 is 14.3 Å². The lowest BCUT2D eigenvalue weighted by atomic mass is 9.92. The first-order chi connectivity index (χ1) is 10.5. The van der Waals surface area contributed by atoms with E-state index in [2.05, 4.69) is 24.1 Å². The van der Waals surface area contributed by atoms with Crippen LogP contribution in [0.25, 0.3) is 0 Å². The van der Waals surface area contributed by atoms with Crippen molar-refractivity contribution in [3.05, 3.63) is 0 Å². The molecule has 2 fully saturated rings. The standard InChI is InChI=1S/C16H29N3O3/c1-12(2)19-6-4-13(5-7-19)8-15(20)17-9-14-10-18(3)16(21)11-22-14/h12-14H,4-11H2,1-3H3,(H,17,20)/t14-/m1/s1. The van der Waals surface area contributed by atoms with E-state index in [1.165, 1.54) is 0 Å². The number of nitrogens with zero attached hydrogens (tertiary/aromatic N) is 2. The molecule has 0 spiro atoms. The Balaban J connectivity index is 1.63. The minimum absolute atomic E-state index is 0.000473. The molecule has 0 unspecified atom stereocenters. The lowest BCUT2D eigenvalue weighted by Crippen LogP contribution is -2.49. The number of hydrogen-bond donors (Lipinski definition) is 1. The van der Waals surface area contributed by atoms with Crippen LogP contribution >= 0.6 is 0 Å². The van der Waals surface area contributed by atoms with E-state index in [4.69, 9.17) is 4.74 Å². The minimum Gasteiger partial charge on any atom is -0.365 e. The molecule has 0 aromatic carbocycles. The highest BCUT2D eigenvalue weighted by atomic mass is 16.5. The zero-order valence-electron chi connectivity index (χ0n) is 14.0. The van der Waals surface area contributed by atoms with Gasteiger partial charge in [-0.1, -0.05) is 0 Å². The van der Waals surface area contributed by atoms with E-state index in [0.717, 1.165) is 25.9 Å². The second kappa shape index (κ2) is 7.92. The molecule has 0 bridgehead atoms. The van der Waals surface area contributed by atoms with Crippen LogP contribution in [0.5, 0.6) is 0 Å². The fraction of sp³-hybridized carbons (Fsp3) is 0.875. The van der Waals surface area contributed by atoms with Crippen LogP contribution in [-0.4, -0.2) is 73.6 Å². The quantitative estimate of drug-likeness (QED) is 0.802. The number of hydrogen-bond acceptors (Lipinski definition) is 4. The molecule has 2 amide bonds. The SMILES string of the molecule is CC(C)N1CCC(CC(=O)NC[C@@H]2CN(C)C(=O)CO2)CC1. The van der Waals surface area contributed by atoms with E-state index in [1.54, 1.807) is 11.9 Å². The normalized spacial score (nSPS) is 24.8. The van der Waals surface area contributed by atoms with Gasteiger partial charge in [0.2, 0.25) is 11.8 Å². The Bertz CT molecular complexity index is 392. The zero-order valence-corrected chi connectivity index (χ0v) is 14.0. The number of amides is 2. The van der Waals surface area contributed by atoms with Gasteiger partial charge >= 0.3 is 0 Å². The molecule has 0 aromatic heterocycles. The molecule has 22 heavy (non-hydrogen) atoms. The van der Waals surface area contributed by atoms with Crippen molar-refractivity contribution in [1.82, 2.24) is 15.1 Å². The molecule has 2 saturated heterocycles. The summed E-state index contributed by atoms with van der Waals surface area (Å²) in [6.07, 6.45) is 2.72. The Morgan fingerprint density at radius 2 is 2.05 bits per heavy atom. The van der Waals surface area contributed by atoms with Crippen LogP contribution < -0.4 is 5.32 Å². The Morgan fingerprint density at radius 1 is 1.36 bits per heavy atom. The third kappa shape index (κ3) is 4.95. The molecule has 1 N–H and O–H groups in total. The van der Waals surface area contributed by atoms with E-state index in [9.17, 15) is 9.59 Å². The predicted molar refractivity (Wildman–Crippen MR) is 84.4 cm³/mol. The fourth-order valence-electron chi connectivity index (χ4n) is 3.12. The second-order valence-corrected chi connectivity index (χ2v) is 6.79. The van der Waals surface area contributed by atoms with Crippen molar-refractivity contribution in [2.45, 2.75) is 45.3 Å². The molecule has 0 aliphatic carbocycles. The van der Waals surface area contributed by atoms with Gasteiger partial charge in [-0.25, -0.2) is 0 Å². The number of ether oxygens (including phenoxy) is 1. The van der Waals surface area contributed by atoms with Crippen molar-refractivity contribution in [1.29, 1.82) is 0 Å². The van der Waals surface area contributed by atoms with E-state index in [1.807, 2.05) is 0 Å². The Kier molecular flexibility index (Phi) is 6.20. The van der Waals surface area contributed by atoms with Gasteiger partial charge in [-0.05, 0) is 45.7 Å². The van der Waals surface area contributed by atoms with Gasteiger partial charge < -0.3 is 19.9 Å². The lowest BCUT2D eigenvalue weighted by Gasteiger charge is -2.34. The van der Waals surface area contributed by atoms with Gasteiger partial charge in [0, 0.05) is 32.6 Å². The summed E-state index contributed by atoms with van der Waals surface area (Å²) in [4.78, 5) is 27.5. The third-order valence-corrected chi connectivity index (χ3v) is 4.73. The van der Waals surface area contributed by atoms with Crippen LogP contribution in [0.4, 0.5) is 0 Å². The Morgan fingerprint density at radius 3 is 2.64 bits per heavy atom. The van der Waals surface area contributed by atoms with Gasteiger partial charge in [0.1, 0.15) is 6.61 Å². The van der Waals surface area contributed by atoms with E-state index in [0.29, 0.717) is 31.5 Å². The molecule has 0 radical (unpaired) electrons. The molecule has 6 heteroatoms. The van der Waals surface area contributed by atoms with E-state index >= 15 is 0 Å². The predicted octanol–water partition coefficient (Wildman–Crippen LogP) is 0.470. The van der Waals surface area contributed by atoms with E-state index < -0.39 is 0 Å². The maximum atomic E-state index is 12.1. The van der Waals surface area contributed by atoms with Crippen molar-refractivity contribution in [2.24, 2.45) is 5.92 Å². The number of carbonyl (C=O) groups is 2. The highest BCUT2D eigenvalue weighted by molar-refractivity contribution is 5.78. The van der Waals surface area contributed by atoms with Crippen LogP contribution in [0.1, 0.15) is 33.1 Å². The average Bonchev–Trinajstić information content (AvgIpc) is 2.49. The molecular weight excluding hydrogens is 282 g/mol. The summed E-state index contributed by atoms with van der Waals surface area (Å²) in [6, 6.07) is 0.595. The zero-order chi connectivity index (χ0) is 16.1. The van der Waals surface area contributed by atoms with E-state index in [-0.39, 0.29) is 24.5 Å². The number of rotatable bonds is 5. The smallest absolute Gasteiger partial charge is 0.248 e. The van der Waals surface area contributed by atoms with Crippen LogP contribution in [0.3, 0.4) is 0 Å². The summed E-state index contributed by atoms with van der Waals surface area (Å²) < 4.78 is 5.43. The Labute approximate surface area is 133 Å². The van der Waals surface area contributed by atoms with Crippen LogP contribution in [0.15, 0.2) is 0 Å². The first kappa shape index (κ1) is 17.2. The molecule has 2 aliphatic rings. The maximum absolute atomic E-state index is 12.1. The highest BCUT2D eigenvalue weighted by Gasteiger charge is 2.25. The number of piperidine rings is 1. The van der Waals surface area contributed by atoms with Gasteiger partial charge in [-0.15, -0.1) is 0 Å². The summed E-state index contributed by atoms with van der Waals surface area (Å²) in [5, 5.41) is 2.95. The van der Waals surface area contributed by atoms with Gasteiger partial charge in [0.25, 0.3) is 0 Å². The molecular formula is C16H29N3O3. The first-order valence-electron chi connectivity index (χ1n) is 8.32. The highest BCUT2D eigenvalue weighted by Crippen LogP contribution is 2.21. The van der Waals surface area contributed by atoms with Gasteiger partial charge in [-0.2, -0.15) is 0 Å². The number of nitrogens with one attached hydrogen (secondary N) is 1. The Hall–Kier alpha value is -1.14. The summed E-state index contributed by atoms with van der Waals surface area (Å²) in [6.45, 7) is 7.78. The summed E-state index contributed by atoms with van der Waals surface area (Å²) in [7, 11) is 1.77. The largest absolute Gasteiger partial charge is 0.365 e. The van der Waals surface area contributed by atoms with Crippen molar-refractivity contribution in [3.8, 4) is 0 Å². The van der Waals surface area contributed by atoms with Crippen LogP contribution in [0, 0.1) is 5.92 Å². The topological polar surface area (TPSA) is 61.9 Å². The minimum atomic E-state index is -0.0885. The molecule has 6 nitrogen and oxygen atoms in total.